The lowest BCUT2D eigenvalue weighted by Gasteiger charge is -2.32. The van der Waals surface area contributed by atoms with E-state index in [9.17, 15) is 13.2 Å². The Labute approximate surface area is 184 Å². The summed E-state index contributed by atoms with van der Waals surface area (Å²) in [5, 5.41) is 0. The summed E-state index contributed by atoms with van der Waals surface area (Å²) in [6, 6.07) is 14.5. The Hall–Kier alpha value is -2.42. The third kappa shape index (κ3) is 5.84. The van der Waals surface area contributed by atoms with Gasteiger partial charge in [-0.2, -0.15) is 0 Å². The molecular weight excluding hydrogens is 416 g/mol. The first-order valence-corrected chi connectivity index (χ1v) is 11.8. The van der Waals surface area contributed by atoms with E-state index in [-0.39, 0.29) is 22.8 Å². The quantitative estimate of drug-likeness (QED) is 0.493. The Kier molecular flexibility index (Phi) is 7.69. The molecule has 0 bridgehead atoms. The molecule has 0 aliphatic heterocycles. The van der Waals surface area contributed by atoms with Gasteiger partial charge in [0.05, 0.1) is 19.1 Å². The normalized spacial score (nSPS) is 19.2. The number of hydrogen-bond acceptors (Lipinski definition) is 6. The van der Waals surface area contributed by atoms with Crippen LogP contribution < -0.4 is 10.2 Å². The molecule has 0 saturated heterocycles. The van der Waals surface area contributed by atoms with Crippen LogP contribution in [0.2, 0.25) is 0 Å². The second-order valence-corrected chi connectivity index (χ2v) is 9.83. The lowest BCUT2D eigenvalue weighted by molar-refractivity contribution is -0.142. The number of ether oxygens (including phenoxy) is 2. The molecule has 8 heteroatoms. The molecule has 3 rings (SSSR count). The number of hydrogen-bond donors (Lipinski definition) is 1. The van der Waals surface area contributed by atoms with E-state index < -0.39 is 10.0 Å². The van der Waals surface area contributed by atoms with Crippen LogP contribution in [-0.2, 0) is 19.6 Å². The average Bonchev–Trinajstić information content (AvgIpc) is 2.79. The molecule has 0 heterocycles. The van der Waals surface area contributed by atoms with Crippen LogP contribution in [0.15, 0.2) is 53.4 Å². The van der Waals surface area contributed by atoms with Gasteiger partial charge in [-0.05, 0) is 60.6 Å². The highest BCUT2D eigenvalue weighted by atomic mass is 32.2. The topological polar surface area (TPSA) is 84.9 Å². The van der Waals surface area contributed by atoms with Crippen molar-refractivity contribution < 1.29 is 22.7 Å². The summed E-state index contributed by atoms with van der Waals surface area (Å²) in [4.78, 5) is 11.8. The number of nitrogens with zero attached hydrogens (tertiary/aromatic N) is 1. The highest BCUT2D eigenvalue weighted by Gasteiger charge is 2.28. The smallest absolute Gasteiger partial charge is 0.305 e. The number of sulfonamides is 1. The molecule has 1 aliphatic rings. The van der Waals surface area contributed by atoms with Crippen molar-refractivity contribution in [3.63, 3.8) is 0 Å². The molecule has 0 aromatic heterocycles. The van der Waals surface area contributed by atoms with Gasteiger partial charge in [-0.15, -0.1) is 4.41 Å². The van der Waals surface area contributed by atoms with Crippen molar-refractivity contribution in [1.29, 1.82) is 0 Å². The standard InChI is InChI=1S/C23H30N2O5S/c1-25(24-20-6-4-5-17(15-20)16-23(26)30-3)31(27,28)22-13-9-19(10-14-22)18-7-11-21(29-2)12-8-18/h7-14,17,20,24H,4-6,15-16H2,1-3H3. The number of methoxy groups -OCH3 is 2. The molecule has 0 radical (unpaired) electrons. The lowest BCUT2D eigenvalue weighted by Crippen LogP contribution is -2.47. The van der Waals surface area contributed by atoms with Gasteiger partial charge >= 0.3 is 5.97 Å². The molecule has 7 nitrogen and oxygen atoms in total. The molecule has 1 fully saturated rings. The fourth-order valence-corrected chi connectivity index (χ4v) is 5.08. The molecule has 2 aromatic rings. The number of hydrazine groups is 1. The van der Waals surface area contributed by atoms with E-state index in [4.69, 9.17) is 9.47 Å². The Morgan fingerprint density at radius 3 is 2.23 bits per heavy atom. The maximum atomic E-state index is 13.0. The van der Waals surface area contributed by atoms with Gasteiger partial charge < -0.3 is 9.47 Å². The van der Waals surface area contributed by atoms with Gasteiger partial charge in [0.15, 0.2) is 0 Å². The van der Waals surface area contributed by atoms with Crippen molar-refractivity contribution in [2.45, 2.75) is 43.0 Å². The minimum Gasteiger partial charge on any atom is -0.497 e. The zero-order valence-corrected chi connectivity index (χ0v) is 19.0. The predicted octanol–water partition coefficient (Wildman–Crippen LogP) is 3.61. The van der Waals surface area contributed by atoms with Crippen LogP contribution in [0.5, 0.6) is 5.75 Å². The summed E-state index contributed by atoms with van der Waals surface area (Å²) in [6.07, 6.45) is 3.89. The molecule has 168 valence electrons. The van der Waals surface area contributed by atoms with E-state index in [2.05, 4.69) is 5.43 Å². The van der Waals surface area contributed by atoms with Crippen molar-refractivity contribution >= 4 is 16.0 Å². The van der Waals surface area contributed by atoms with Crippen LogP contribution >= 0.6 is 0 Å². The molecule has 2 aromatic carbocycles. The van der Waals surface area contributed by atoms with Crippen molar-refractivity contribution in [1.82, 2.24) is 9.84 Å². The Morgan fingerprint density at radius 2 is 1.65 bits per heavy atom. The lowest BCUT2D eigenvalue weighted by atomic mass is 9.84. The zero-order valence-electron chi connectivity index (χ0n) is 18.2. The van der Waals surface area contributed by atoms with Crippen molar-refractivity contribution in [2.75, 3.05) is 21.3 Å². The monoisotopic (exact) mass is 446 g/mol. The van der Waals surface area contributed by atoms with E-state index in [1.165, 1.54) is 18.6 Å². The van der Waals surface area contributed by atoms with Gasteiger partial charge in [-0.25, -0.2) is 13.8 Å². The molecule has 2 atom stereocenters. The predicted molar refractivity (Wildman–Crippen MR) is 119 cm³/mol. The van der Waals surface area contributed by atoms with Crippen molar-refractivity contribution in [3.8, 4) is 16.9 Å². The third-order valence-corrected chi connectivity index (χ3v) is 7.46. The SMILES string of the molecule is COC(=O)CC1CCCC(NN(C)S(=O)(=O)c2ccc(-c3ccc(OC)cc3)cc2)C1. The maximum Gasteiger partial charge on any atom is 0.305 e. The second kappa shape index (κ2) is 10.3. The van der Waals surface area contributed by atoms with Gasteiger partial charge in [0, 0.05) is 19.5 Å². The van der Waals surface area contributed by atoms with Gasteiger partial charge in [-0.1, -0.05) is 30.7 Å². The summed E-state index contributed by atoms with van der Waals surface area (Å²) < 4.78 is 37.2. The number of esters is 1. The molecule has 0 amide bonds. The highest BCUT2D eigenvalue weighted by molar-refractivity contribution is 7.89. The van der Waals surface area contributed by atoms with E-state index in [0.29, 0.717) is 6.42 Å². The van der Waals surface area contributed by atoms with Crippen LogP contribution in [0.1, 0.15) is 32.1 Å². The van der Waals surface area contributed by atoms with Gasteiger partial charge in [-0.3, -0.25) is 4.79 Å². The number of nitrogens with one attached hydrogen (secondary N) is 1. The summed E-state index contributed by atoms with van der Waals surface area (Å²) in [5.74, 6) is 0.759. The van der Waals surface area contributed by atoms with Crippen LogP contribution in [0.4, 0.5) is 0 Å². The molecular formula is C23H30N2O5S. The van der Waals surface area contributed by atoms with Crippen LogP contribution in [0.25, 0.3) is 11.1 Å². The molecule has 1 N–H and O–H groups in total. The Bertz CT molecular complexity index is 974. The number of carbonyl (C=O) groups is 1. The number of benzene rings is 2. The summed E-state index contributed by atoms with van der Waals surface area (Å²) >= 11 is 0. The fourth-order valence-electron chi connectivity index (χ4n) is 4.00. The van der Waals surface area contributed by atoms with Gasteiger partial charge in [0.2, 0.25) is 0 Å². The van der Waals surface area contributed by atoms with Crippen LogP contribution in [-0.4, -0.2) is 46.1 Å². The second-order valence-electron chi connectivity index (χ2n) is 7.86. The number of carbonyl (C=O) groups excluding carboxylic acids is 1. The summed E-state index contributed by atoms with van der Waals surface area (Å²) in [5.41, 5.74) is 5.02. The van der Waals surface area contributed by atoms with Crippen molar-refractivity contribution in [3.05, 3.63) is 48.5 Å². The third-order valence-electron chi connectivity index (χ3n) is 5.77. The largest absolute Gasteiger partial charge is 0.497 e. The Balaban J connectivity index is 1.65. The van der Waals surface area contributed by atoms with Crippen LogP contribution in [0.3, 0.4) is 0 Å². The molecule has 31 heavy (non-hydrogen) atoms. The zero-order chi connectivity index (χ0) is 22.4. The summed E-state index contributed by atoms with van der Waals surface area (Å²) in [7, 11) is 0.849. The molecule has 1 aliphatic carbocycles. The van der Waals surface area contributed by atoms with E-state index >= 15 is 0 Å². The first-order valence-electron chi connectivity index (χ1n) is 10.4. The fraction of sp³-hybridized carbons (Fsp3) is 0.435. The number of rotatable bonds is 8. The summed E-state index contributed by atoms with van der Waals surface area (Å²) in [6.45, 7) is 0. The molecule has 2 unspecified atom stereocenters. The maximum absolute atomic E-state index is 13.0. The first kappa shape index (κ1) is 23.2. The van der Waals surface area contributed by atoms with E-state index in [1.54, 1.807) is 31.4 Å². The van der Waals surface area contributed by atoms with E-state index in [1.807, 2.05) is 24.3 Å². The highest BCUT2D eigenvalue weighted by Crippen LogP contribution is 2.28. The van der Waals surface area contributed by atoms with Crippen LogP contribution in [0, 0.1) is 5.92 Å². The molecule has 1 saturated carbocycles. The van der Waals surface area contributed by atoms with Gasteiger partial charge in [0.1, 0.15) is 5.75 Å². The minimum absolute atomic E-state index is 0.00162. The van der Waals surface area contributed by atoms with E-state index in [0.717, 1.165) is 42.6 Å². The van der Waals surface area contributed by atoms with Gasteiger partial charge in [0.25, 0.3) is 10.0 Å². The Morgan fingerprint density at radius 1 is 1.03 bits per heavy atom. The minimum atomic E-state index is -3.68. The average molecular weight is 447 g/mol. The first-order chi connectivity index (χ1) is 14.8. The van der Waals surface area contributed by atoms with Crippen molar-refractivity contribution in [2.24, 2.45) is 5.92 Å². The molecule has 0 spiro atoms.